The van der Waals surface area contributed by atoms with Crippen LogP contribution in [-0.2, 0) is 9.53 Å². The number of hydrogen-bond acceptors (Lipinski definition) is 4. The summed E-state index contributed by atoms with van der Waals surface area (Å²) < 4.78 is 16.3. The molecule has 1 unspecified atom stereocenters. The minimum absolute atomic E-state index is 0.0438. The first-order valence-electron chi connectivity index (χ1n) is 8.98. The lowest BCUT2D eigenvalue weighted by atomic mass is 10.1. The molecule has 0 heterocycles. The van der Waals surface area contributed by atoms with Gasteiger partial charge in [-0.05, 0) is 43.2 Å². The van der Waals surface area contributed by atoms with E-state index in [1.807, 2.05) is 55.5 Å². The van der Waals surface area contributed by atoms with Gasteiger partial charge in [-0.25, -0.2) is 0 Å². The molecule has 5 heteroatoms. The lowest BCUT2D eigenvalue weighted by Crippen LogP contribution is -2.23. The Morgan fingerprint density at radius 2 is 1.89 bits per heavy atom. The second-order valence-corrected chi connectivity index (χ2v) is 6.01. The average molecular weight is 369 g/mol. The van der Waals surface area contributed by atoms with Gasteiger partial charge in [0.2, 0.25) is 5.91 Å². The Balaban J connectivity index is 1.72. The van der Waals surface area contributed by atoms with E-state index in [1.165, 1.54) is 6.08 Å². The van der Waals surface area contributed by atoms with Gasteiger partial charge in [0.25, 0.3) is 0 Å². The standard InChI is InChI=1S/C22H27NO4/c1-17(18-8-5-4-6-9-18)27-15-7-14-23-22(24)13-10-19-16-20(25-2)11-12-21(19)26-3/h4-6,8-13,16-17H,7,14-15H2,1-3H3,(H,23,24)/b13-10+. The molecule has 0 spiro atoms. The Labute approximate surface area is 161 Å². The second kappa shape index (κ2) is 11.0. The van der Waals surface area contributed by atoms with Crippen LogP contribution in [0.5, 0.6) is 11.5 Å². The number of carbonyl (C=O) groups is 1. The molecule has 2 aromatic carbocycles. The maximum atomic E-state index is 12.0. The van der Waals surface area contributed by atoms with E-state index in [-0.39, 0.29) is 12.0 Å². The van der Waals surface area contributed by atoms with Crippen molar-refractivity contribution in [3.05, 3.63) is 65.7 Å². The topological polar surface area (TPSA) is 56.8 Å². The molecule has 2 rings (SSSR count). The summed E-state index contributed by atoms with van der Waals surface area (Å²) >= 11 is 0. The van der Waals surface area contributed by atoms with Crippen molar-refractivity contribution in [2.75, 3.05) is 27.4 Å². The predicted octanol–water partition coefficient (Wildman–Crippen LogP) is 4.00. The summed E-state index contributed by atoms with van der Waals surface area (Å²) in [4.78, 5) is 12.0. The van der Waals surface area contributed by atoms with E-state index in [1.54, 1.807) is 20.3 Å². The Morgan fingerprint density at radius 3 is 2.59 bits per heavy atom. The van der Waals surface area contributed by atoms with Crippen LogP contribution < -0.4 is 14.8 Å². The summed E-state index contributed by atoms with van der Waals surface area (Å²) in [5, 5.41) is 2.85. The zero-order valence-electron chi connectivity index (χ0n) is 16.1. The van der Waals surface area contributed by atoms with Crippen LogP contribution in [0.1, 0.15) is 30.6 Å². The van der Waals surface area contributed by atoms with Gasteiger partial charge in [-0.2, -0.15) is 0 Å². The van der Waals surface area contributed by atoms with E-state index in [9.17, 15) is 4.79 Å². The maximum absolute atomic E-state index is 12.0. The van der Waals surface area contributed by atoms with E-state index >= 15 is 0 Å². The molecule has 0 aromatic heterocycles. The summed E-state index contributed by atoms with van der Waals surface area (Å²) in [6.45, 7) is 3.17. The van der Waals surface area contributed by atoms with Crippen LogP contribution >= 0.6 is 0 Å². The Morgan fingerprint density at radius 1 is 1.11 bits per heavy atom. The lowest BCUT2D eigenvalue weighted by Gasteiger charge is -2.13. The molecular formula is C22H27NO4. The number of amides is 1. The highest BCUT2D eigenvalue weighted by Gasteiger charge is 2.05. The molecule has 0 fully saturated rings. The van der Waals surface area contributed by atoms with Crippen molar-refractivity contribution >= 4 is 12.0 Å². The third-order valence-electron chi connectivity index (χ3n) is 4.11. The maximum Gasteiger partial charge on any atom is 0.244 e. The number of benzene rings is 2. The number of carbonyl (C=O) groups excluding carboxylic acids is 1. The zero-order valence-corrected chi connectivity index (χ0v) is 16.1. The molecule has 0 bridgehead atoms. The van der Waals surface area contributed by atoms with E-state index in [0.29, 0.717) is 24.7 Å². The molecule has 2 aromatic rings. The highest BCUT2D eigenvalue weighted by atomic mass is 16.5. The molecule has 0 aliphatic carbocycles. The Kier molecular flexibility index (Phi) is 8.39. The largest absolute Gasteiger partial charge is 0.497 e. The fourth-order valence-corrected chi connectivity index (χ4v) is 2.56. The first kappa shape index (κ1) is 20.5. The monoisotopic (exact) mass is 369 g/mol. The summed E-state index contributed by atoms with van der Waals surface area (Å²) in [5.41, 5.74) is 1.93. The third kappa shape index (κ3) is 6.79. The van der Waals surface area contributed by atoms with Gasteiger partial charge in [-0.1, -0.05) is 30.3 Å². The van der Waals surface area contributed by atoms with Crippen LogP contribution in [0.2, 0.25) is 0 Å². The van der Waals surface area contributed by atoms with E-state index in [0.717, 1.165) is 17.5 Å². The summed E-state index contributed by atoms with van der Waals surface area (Å²) in [5.74, 6) is 1.24. The quantitative estimate of drug-likeness (QED) is 0.508. The summed E-state index contributed by atoms with van der Waals surface area (Å²) in [7, 11) is 3.19. The van der Waals surface area contributed by atoms with Gasteiger partial charge < -0.3 is 19.5 Å². The van der Waals surface area contributed by atoms with Crippen molar-refractivity contribution in [2.45, 2.75) is 19.4 Å². The smallest absolute Gasteiger partial charge is 0.244 e. The molecular weight excluding hydrogens is 342 g/mol. The Bertz CT molecular complexity index is 743. The first-order valence-corrected chi connectivity index (χ1v) is 8.98. The van der Waals surface area contributed by atoms with Gasteiger partial charge in [0.15, 0.2) is 0 Å². The van der Waals surface area contributed by atoms with E-state index in [4.69, 9.17) is 14.2 Å². The number of ether oxygens (including phenoxy) is 3. The van der Waals surface area contributed by atoms with Gasteiger partial charge in [0.05, 0.1) is 20.3 Å². The first-order chi connectivity index (χ1) is 13.1. The van der Waals surface area contributed by atoms with Gasteiger partial charge in [-0.3, -0.25) is 4.79 Å². The SMILES string of the molecule is COc1ccc(OC)c(/C=C/C(=O)NCCCOC(C)c2ccccc2)c1. The lowest BCUT2D eigenvalue weighted by molar-refractivity contribution is -0.116. The van der Waals surface area contributed by atoms with Crippen molar-refractivity contribution in [1.82, 2.24) is 5.32 Å². The molecule has 27 heavy (non-hydrogen) atoms. The van der Waals surface area contributed by atoms with Crippen LogP contribution in [0.15, 0.2) is 54.6 Å². The third-order valence-corrected chi connectivity index (χ3v) is 4.11. The van der Waals surface area contributed by atoms with Gasteiger partial charge in [-0.15, -0.1) is 0 Å². The molecule has 0 radical (unpaired) electrons. The Hall–Kier alpha value is -2.79. The fourth-order valence-electron chi connectivity index (χ4n) is 2.56. The predicted molar refractivity (Wildman–Crippen MR) is 107 cm³/mol. The van der Waals surface area contributed by atoms with Crippen molar-refractivity contribution in [3.63, 3.8) is 0 Å². The normalized spacial score (nSPS) is 12.0. The highest BCUT2D eigenvalue weighted by Crippen LogP contribution is 2.25. The molecule has 0 saturated carbocycles. The number of hydrogen-bond donors (Lipinski definition) is 1. The average Bonchev–Trinajstić information content (AvgIpc) is 2.72. The molecule has 1 atom stereocenters. The molecule has 5 nitrogen and oxygen atoms in total. The minimum Gasteiger partial charge on any atom is -0.497 e. The fraction of sp³-hybridized carbons (Fsp3) is 0.318. The summed E-state index contributed by atoms with van der Waals surface area (Å²) in [6.07, 6.45) is 4.00. The van der Waals surface area contributed by atoms with Crippen molar-refractivity contribution < 1.29 is 19.0 Å². The van der Waals surface area contributed by atoms with Crippen LogP contribution in [0, 0.1) is 0 Å². The minimum atomic E-state index is -0.156. The van der Waals surface area contributed by atoms with Crippen molar-refractivity contribution in [3.8, 4) is 11.5 Å². The van der Waals surface area contributed by atoms with E-state index in [2.05, 4.69) is 5.32 Å². The van der Waals surface area contributed by atoms with Crippen LogP contribution in [-0.4, -0.2) is 33.3 Å². The molecule has 1 N–H and O–H groups in total. The molecule has 144 valence electrons. The van der Waals surface area contributed by atoms with Gasteiger partial charge in [0, 0.05) is 24.8 Å². The number of methoxy groups -OCH3 is 2. The van der Waals surface area contributed by atoms with E-state index < -0.39 is 0 Å². The second-order valence-electron chi connectivity index (χ2n) is 6.01. The highest BCUT2D eigenvalue weighted by molar-refractivity contribution is 5.92. The van der Waals surface area contributed by atoms with Gasteiger partial charge in [0.1, 0.15) is 11.5 Å². The van der Waals surface area contributed by atoms with Gasteiger partial charge >= 0.3 is 0 Å². The van der Waals surface area contributed by atoms with Crippen molar-refractivity contribution in [2.24, 2.45) is 0 Å². The van der Waals surface area contributed by atoms with Crippen LogP contribution in [0.25, 0.3) is 6.08 Å². The number of rotatable bonds is 10. The molecule has 0 aliphatic rings. The molecule has 0 saturated heterocycles. The molecule has 0 aliphatic heterocycles. The molecule has 1 amide bonds. The van der Waals surface area contributed by atoms with Crippen molar-refractivity contribution in [1.29, 1.82) is 0 Å². The van der Waals surface area contributed by atoms with Crippen LogP contribution in [0.3, 0.4) is 0 Å². The summed E-state index contributed by atoms with van der Waals surface area (Å²) in [6, 6.07) is 15.5. The zero-order chi connectivity index (χ0) is 19.5. The van der Waals surface area contributed by atoms with Crippen LogP contribution in [0.4, 0.5) is 0 Å². The number of nitrogens with one attached hydrogen (secondary N) is 1.